The van der Waals surface area contributed by atoms with Crippen molar-refractivity contribution in [3.8, 4) is 6.01 Å². The monoisotopic (exact) mass is 362 g/mol. The van der Waals surface area contributed by atoms with E-state index in [1.165, 1.54) is 0 Å². The third-order valence-electron chi connectivity index (χ3n) is 5.15. The first-order valence-corrected chi connectivity index (χ1v) is 9.79. The SMILES string of the molecule is CCC[C@@H](C)Oc1nc(N)c2c(n1)N(CCCCC1CCOC1)C(=O)C2. The van der Waals surface area contributed by atoms with Crippen LogP contribution in [0.25, 0.3) is 0 Å². The summed E-state index contributed by atoms with van der Waals surface area (Å²) in [5, 5.41) is 0. The van der Waals surface area contributed by atoms with Crippen molar-refractivity contribution in [2.75, 3.05) is 30.4 Å². The summed E-state index contributed by atoms with van der Waals surface area (Å²) in [6.07, 6.45) is 6.61. The number of ether oxygens (including phenoxy) is 2. The van der Waals surface area contributed by atoms with Crippen LogP contribution in [0, 0.1) is 5.92 Å². The first kappa shape index (κ1) is 18.9. The van der Waals surface area contributed by atoms with Crippen molar-refractivity contribution in [2.24, 2.45) is 5.92 Å². The fourth-order valence-electron chi connectivity index (χ4n) is 3.67. The molecule has 144 valence electrons. The predicted octanol–water partition coefficient (Wildman–Crippen LogP) is 2.72. The summed E-state index contributed by atoms with van der Waals surface area (Å²) in [6, 6.07) is 0.269. The van der Waals surface area contributed by atoms with Gasteiger partial charge < -0.3 is 15.2 Å². The number of unbranched alkanes of at least 4 members (excludes halogenated alkanes) is 1. The van der Waals surface area contributed by atoms with Gasteiger partial charge in [0.2, 0.25) is 5.91 Å². The van der Waals surface area contributed by atoms with Crippen molar-refractivity contribution in [2.45, 2.75) is 64.9 Å². The van der Waals surface area contributed by atoms with Gasteiger partial charge in [0.25, 0.3) is 0 Å². The standard InChI is InChI=1S/C19H30N4O3/c1-3-6-13(2)26-19-21-17(20)15-11-16(24)23(18(15)22-19)9-5-4-7-14-8-10-25-12-14/h13-14H,3-12H2,1-2H3,(H2,20,21,22)/t13-,14?/m1/s1. The molecule has 0 radical (unpaired) electrons. The second-order valence-corrected chi connectivity index (χ2v) is 7.36. The third-order valence-corrected chi connectivity index (χ3v) is 5.15. The highest BCUT2D eigenvalue weighted by Crippen LogP contribution is 2.32. The zero-order valence-corrected chi connectivity index (χ0v) is 15.9. The van der Waals surface area contributed by atoms with Crippen LogP contribution in [0.3, 0.4) is 0 Å². The van der Waals surface area contributed by atoms with Gasteiger partial charge in [-0.3, -0.25) is 9.69 Å². The summed E-state index contributed by atoms with van der Waals surface area (Å²) < 4.78 is 11.2. The van der Waals surface area contributed by atoms with Crippen molar-refractivity contribution in [3.05, 3.63) is 5.56 Å². The van der Waals surface area contributed by atoms with Gasteiger partial charge in [-0.1, -0.05) is 19.8 Å². The summed E-state index contributed by atoms with van der Waals surface area (Å²) in [5.41, 5.74) is 6.79. The average molecular weight is 362 g/mol. The lowest BCUT2D eigenvalue weighted by Crippen LogP contribution is -2.28. The Kier molecular flexibility index (Phi) is 6.29. The van der Waals surface area contributed by atoms with Crippen molar-refractivity contribution in [1.82, 2.24) is 9.97 Å². The van der Waals surface area contributed by atoms with E-state index in [0.717, 1.165) is 57.3 Å². The predicted molar refractivity (Wildman–Crippen MR) is 100 cm³/mol. The Morgan fingerprint density at radius 2 is 2.23 bits per heavy atom. The molecule has 1 aromatic rings. The molecule has 7 nitrogen and oxygen atoms in total. The van der Waals surface area contributed by atoms with Gasteiger partial charge in [-0.05, 0) is 38.5 Å². The quantitative estimate of drug-likeness (QED) is 0.679. The van der Waals surface area contributed by atoms with Crippen LogP contribution in [0.2, 0.25) is 0 Å². The Labute approximate surface area is 155 Å². The summed E-state index contributed by atoms with van der Waals surface area (Å²) in [6.45, 7) is 6.53. The molecule has 3 heterocycles. The highest BCUT2D eigenvalue weighted by molar-refractivity contribution is 6.01. The van der Waals surface area contributed by atoms with Crippen molar-refractivity contribution in [1.29, 1.82) is 0 Å². The maximum atomic E-state index is 12.4. The molecule has 0 aromatic carbocycles. The number of nitrogens with two attached hydrogens (primary N) is 1. The minimum absolute atomic E-state index is 0.0247. The molecule has 1 saturated heterocycles. The Balaban J connectivity index is 1.61. The number of carbonyl (C=O) groups excluding carboxylic acids is 1. The topological polar surface area (TPSA) is 90.6 Å². The molecule has 26 heavy (non-hydrogen) atoms. The van der Waals surface area contributed by atoms with Gasteiger partial charge in [0, 0.05) is 25.3 Å². The molecule has 0 spiro atoms. The molecule has 0 aliphatic carbocycles. The first-order chi connectivity index (χ1) is 12.6. The highest BCUT2D eigenvalue weighted by atomic mass is 16.5. The van der Waals surface area contributed by atoms with Crippen LogP contribution in [0.15, 0.2) is 0 Å². The molecule has 2 atom stereocenters. The maximum Gasteiger partial charge on any atom is 0.320 e. The molecule has 7 heteroatoms. The van der Waals surface area contributed by atoms with Crippen molar-refractivity contribution in [3.63, 3.8) is 0 Å². The molecular weight excluding hydrogens is 332 g/mol. The number of rotatable bonds is 9. The van der Waals surface area contributed by atoms with Gasteiger partial charge in [0.15, 0.2) is 0 Å². The molecule has 1 unspecified atom stereocenters. The summed E-state index contributed by atoms with van der Waals surface area (Å²) in [5.74, 6) is 1.71. The number of fused-ring (bicyclic) bond motifs is 1. The van der Waals surface area contributed by atoms with Gasteiger partial charge >= 0.3 is 6.01 Å². The number of carbonyl (C=O) groups is 1. The maximum absolute atomic E-state index is 12.4. The highest BCUT2D eigenvalue weighted by Gasteiger charge is 2.32. The lowest BCUT2D eigenvalue weighted by Gasteiger charge is -2.18. The zero-order chi connectivity index (χ0) is 18.5. The number of anilines is 2. The lowest BCUT2D eigenvalue weighted by molar-refractivity contribution is -0.117. The normalized spacial score (nSPS) is 20.5. The molecule has 1 amide bonds. The largest absolute Gasteiger partial charge is 0.460 e. The number of nitrogens with zero attached hydrogens (tertiary/aromatic N) is 3. The second kappa shape index (κ2) is 8.66. The average Bonchev–Trinajstić information content (AvgIpc) is 3.20. The molecule has 3 rings (SSSR count). The fourth-order valence-corrected chi connectivity index (χ4v) is 3.67. The molecule has 1 aromatic heterocycles. The Morgan fingerprint density at radius 3 is 2.96 bits per heavy atom. The van der Waals surface area contributed by atoms with Crippen LogP contribution in [0.1, 0.15) is 57.9 Å². The van der Waals surface area contributed by atoms with E-state index >= 15 is 0 Å². The molecule has 0 saturated carbocycles. The van der Waals surface area contributed by atoms with E-state index in [-0.39, 0.29) is 24.4 Å². The van der Waals surface area contributed by atoms with E-state index in [1.807, 2.05) is 6.92 Å². The van der Waals surface area contributed by atoms with E-state index in [4.69, 9.17) is 15.2 Å². The zero-order valence-electron chi connectivity index (χ0n) is 15.9. The minimum atomic E-state index is 0.0247. The van der Waals surface area contributed by atoms with Crippen LogP contribution in [0.4, 0.5) is 11.6 Å². The molecular formula is C19H30N4O3. The Morgan fingerprint density at radius 1 is 1.38 bits per heavy atom. The number of nitrogen functional groups attached to an aromatic ring is 1. The van der Waals surface area contributed by atoms with E-state index in [0.29, 0.717) is 24.1 Å². The Hall–Kier alpha value is -1.89. The number of hydrogen-bond donors (Lipinski definition) is 1. The van der Waals surface area contributed by atoms with Crippen LogP contribution in [-0.2, 0) is 16.0 Å². The number of amides is 1. The van der Waals surface area contributed by atoms with Gasteiger partial charge in [-0.15, -0.1) is 0 Å². The summed E-state index contributed by atoms with van der Waals surface area (Å²) in [4.78, 5) is 22.9. The number of hydrogen-bond acceptors (Lipinski definition) is 6. The van der Waals surface area contributed by atoms with Crippen LogP contribution in [-0.4, -0.2) is 41.7 Å². The molecule has 2 aliphatic heterocycles. The molecule has 1 fully saturated rings. The van der Waals surface area contributed by atoms with Gasteiger partial charge in [0.1, 0.15) is 11.6 Å². The van der Waals surface area contributed by atoms with Crippen LogP contribution >= 0.6 is 0 Å². The second-order valence-electron chi connectivity index (χ2n) is 7.36. The van der Waals surface area contributed by atoms with Gasteiger partial charge in [0.05, 0.1) is 12.5 Å². The van der Waals surface area contributed by atoms with Crippen LogP contribution < -0.4 is 15.4 Å². The van der Waals surface area contributed by atoms with Crippen LogP contribution in [0.5, 0.6) is 6.01 Å². The smallest absolute Gasteiger partial charge is 0.320 e. The van der Waals surface area contributed by atoms with Gasteiger partial charge in [-0.25, -0.2) is 0 Å². The lowest BCUT2D eigenvalue weighted by atomic mass is 10.0. The fraction of sp³-hybridized carbons (Fsp3) is 0.737. The Bertz CT molecular complexity index is 631. The van der Waals surface area contributed by atoms with Crippen molar-refractivity contribution < 1.29 is 14.3 Å². The van der Waals surface area contributed by atoms with Gasteiger partial charge in [-0.2, -0.15) is 9.97 Å². The van der Waals surface area contributed by atoms with Crippen molar-refractivity contribution >= 4 is 17.5 Å². The van der Waals surface area contributed by atoms with E-state index < -0.39 is 0 Å². The molecule has 0 bridgehead atoms. The van der Waals surface area contributed by atoms with E-state index in [9.17, 15) is 4.79 Å². The third kappa shape index (κ3) is 4.44. The number of aromatic nitrogens is 2. The first-order valence-electron chi connectivity index (χ1n) is 9.79. The summed E-state index contributed by atoms with van der Waals surface area (Å²) >= 11 is 0. The summed E-state index contributed by atoms with van der Waals surface area (Å²) in [7, 11) is 0. The molecule has 2 aliphatic rings. The van der Waals surface area contributed by atoms with E-state index in [2.05, 4.69) is 16.9 Å². The van der Waals surface area contributed by atoms with E-state index in [1.54, 1.807) is 4.90 Å². The molecule has 2 N–H and O–H groups in total. The minimum Gasteiger partial charge on any atom is -0.460 e.